The summed E-state index contributed by atoms with van der Waals surface area (Å²) < 4.78 is 120. The van der Waals surface area contributed by atoms with Gasteiger partial charge in [-0.15, -0.1) is 0 Å². The van der Waals surface area contributed by atoms with Gasteiger partial charge in [0.25, 0.3) is 0 Å². The molecular weight excluding hydrogens is 1340 g/mol. The lowest BCUT2D eigenvalue weighted by atomic mass is 9.95. The van der Waals surface area contributed by atoms with Crippen molar-refractivity contribution in [1.82, 2.24) is 0 Å². The van der Waals surface area contributed by atoms with Crippen LogP contribution >= 0.6 is 0 Å². The monoisotopic (exact) mass is 1440 g/mol. The van der Waals surface area contributed by atoms with E-state index in [2.05, 4.69) is 0 Å². The Balaban J connectivity index is 0.944. The molecule has 0 spiro atoms. The molecule has 0 unspecified atom stereocenters. The van der Waals surface area contributed by atoms with Crippen molar-refractivity contribution < 1.29 is 85.6 Å². The van der Waals surface area contributed by atoms with E-state index in [1.807, 2.05) is 291 Å². The fourth-order valence-corrected chi connectivity index (χ4v) is 13.2. The van der Waals surface area contributed by atoms with Crippen molar-refractivity contribution in [2.24, 2.45) is 0 Å². The summed E-state index contributed by atoms with van der Waals surface area (Å²) in [5, 5.41) is 11.7. The van der Waals surface area contributed by atoms with Crippen LogP contribution in [0.2, 0.25) is 0 Å². The molecule has 3 aliphatic heterocycles. The lowest BCUT2D eigenvalue weighted by Gasteiger charge is -2.51. The highest BCUT2D eigenvalue weighted by atomic mass is 16.8. The normalized spacial score (nSPS) is 24.4. The summed E-state index contributed by atoms with van der Waals surface area (Å²) in [5.41, 5.74) is 7.12. The first-order chi connectivity index (χ1) is 52.4. The molecule has 0 radical (unpaired) electrons. The SMILES string of the molecule is COc1ccc(OC[C@H]2O[C@@H](OCc3ccccc3)[C@H](OCc3ccccc3)[C@@H](OCc3ccccc3)[C@H]2O[C@H]2O[C@H](COc3ccc(OC)cc3)[C@H](O[C@H]3O[C@H](CO)[C@H](OCc4ccccc4)[C@H](OCc4ccccc4)[C@H]3OCc3ccccc3)[C@H](OCc3ccccc3)[C@H]2OCc2ccccc2)cc1. The van der Waals surface area contributed by atoms with Crippen LogP contribution in [0.3, 0.4) is 0 Å². The van der Waals surface area contributed by atoms with E-state index in [0.29, 0.717) is 23.0 Å². The van der Waals surface area contributed by atoms with Crippen LogP contribution in [0.5, 0.6) is 23.0 Å². The minimum absolute atomic E-state index is 0.0577. The Kier molecular flexibility index (Phi) is 27.9. The van der Waals surface area contributed by atoms with Gasteiger partial charge in [-0.25, -0.2) is 0 Å². The quantitative estimate of drug-likeness (QED) is 0.0388. The average Bonchev–Trinajstić information content (AvgIpc) is 0.762. The van der Waals surface area contributed by atoms with Gasteiger partial charge in [0.15, 0.2) is 18.9 Å². The minimum atomic E-state index is -1.37. The Morgan fingerprint density at radius 2 is 0.462 bits per heavy atom. The summed E-state index contributed by atoms with van der Waals surface area (Å²) in [7, 11) is 3.23. The molecule has 106 heavy (non-hydrogen) atoms. The van der Waals surface area contributed by atoms with Crippen molar-refractivity contribution in [2.45, 2.75) is 145 Å². The highest BCUT2D eigenvalue weighted by molar-refractivity contribution is 5.33. The minimum Gasteiger partial charge on any atom is -0.497 e. The van der Waals surface area contributed by atoms with Crippen molar-refractivity contribution in [3.63, 3.8) is 0 Å². The van der Waals surface area contributed by atoms with Crippen molar-refractivity contribution in [2.75, 3.05) is 34.0 Å². The maximum atomic E-state index is 11.7. The van der Waals surface area contributed by atoms with Crippen LogP contribution < -0.4 is 18.9 Å². The van der Waals surface area contributed by atoms with Crippen LogP contribution in [0, 0.1) is 0 Å². The van der Waals surface area contributed by atoms with Crippen LogP contribution in [0.15, 0.2) is 291 Å². The van der Waals surface area contributed by atoms with Gasteiger partial charge >= 0.3 is 0 Å². The molecule has 3 heterocycles. The first-order valence-electron chi connectivity index (χ1n) is 36.1. The van der Waals surface area contributed by atoms with E-state index < -0.39 is 98.7 Å². The van der Waals surface area contributed by atoms with Gasteiger partial charge < -0.3 is 85.6 Å². The molecular formula is C88H92O18. The second-order valence-electron chi connectivity index (χ2n) is 26.1. The van der Waals surface area contributed by atoms with E-state index in [4.69, 9.17) is 80.5 Å². The molecule has 0 bridgehead atoms. The second-order valence-corrected chi connectivity index (χ2v) is 26.1. The van der Waals surface area contributed by atoms with Gasteiger partial charge in [0, 0.05) is 0 Å². The maximum Gasteiger partial charge on any atom is 0.187 e. The molecule has 552 valence electrons. The summed E-state index contributed by atoms with van der Waals surface area (Å²) >= 11 is 0. The fraction of sp³-hybridized carbons (Fsp3) is 0.318. The van der Waals surface area contributed by atoms with Crippen LogP contribution in [0.1, 0.15) is 44.5 Å². The Morgan fingerprint density at radius 3 is 0.745 bits per heavy atom. The molecule has 18 nitrogen and oxygen atoms in total. The highest BCUT2D eigenvalue weighted by Gasteiger charge is 2.57. The summed E-state index contributed by atoms with van der Waals surface area (Å²) in [6.45, 7) is 0.288. The smallest absolute Gasteiger partial charge is 0.187 e. The van der Waals surface area contributed by atoms with E-state index in [9.17, 15) is 5.11 Å². The molecule has 15 atom stereocenters. The van der Waals surface area contributed by atoms with E-state index >= 15 is 0 Å². The Labute approximate surface area is 620 Å². The Hall–Kier alpha value is -9.16. The number of benzene rings is 10. The summed E-state index contributed by atoms with van der Waals surface area (Å²) in [6.07, 6.45) is -16.3. The van der Waals surface area contributed by atoms with Crippen molar-refractivity contribution in [3.8, 4) is 23.0 Å². The van der Waals surface area contributed by atoms with E-state index in [1.165, 1.54) is 0 Å². The zero-order valence-electron chi connectivity index (χ0n) is 59.5. The number of aliphatic hydroxyl groups is 1. The number of ether oxygens (including phenoxy) is 17. The first-order valence-corrected chi connectivity index (χ1v) is 36.1. The Bertz CT molecular complexity index is 4070. The number of rotatable bonds is 37. The van der Waals surface area contributed by atoms with Crippen LogP contribution in [-0.2, 0) is 114 Å². The van der Waals surface area contributed by atoms with Gasteiger partial charge in [-0.05, 0) is 93.0 Å². The van der Waals surface area contributed by atoms with Gasteiger partial charge in [-0.2, -0.15) is 0 Å². The molecule has 0 saturated carbocycles. The van der Waals surface area contributed by atoms with Gasteiger partial charge in [0.1, 0.15) is 109 Å². The third kappa shape index (κ3) is 21.1. The second kappa shape index (κ2) is 39.4. The predicted octanol–water partition coefficient (Wildman–Crippen LogP) is 14.4. The molecule has 13 rings (SSSR count). The maximum absolute atomic E-state index is 11.7. The van der Waals surface area contributed by atoms with Gasteiger partial charge in [0.2, 0.25) is 0 Å². The standard InChI is InChI=1S/C88H92O18/c1-90-70-43-47-72(48-44-70)92-60-75-78(81(96-54-64-31-15-5-16-32-64)83(98-56-66-35-19-7-20-36-66)86(103-75)101-59-69-41-25-10-26-42-69)106-88-85(100-58-68-39-23-9-24-40-68)82(97-55-65-33-17-6-18-34-65)79(76(104-88)61-93-73-49-45-71(91-2)46-50-73)105-87-84(99-57-67-37-21-8-22-38-67)80(95-53-63-29-13-4-14-30-63)77(74(51-89)102-87)94-52-62-27-11-3-12-28-62/h3-50,74-89H,51-61H2,1-2H3/t74-,75-,76-,77+,78+,79+,80+,81+,82+,83-,84-,85-,86-,87-,88-/m1/s1. The number of hydrogen-bond acceptors (Lipinski definition) is 18. The zero-order valence-corrected chi connectivity index (χ0v) is 59.5. The van der Waals surface area contributed by atoms with Crippen LogP contribution in [0.4, 0.5) is 0 Å². The van der Waals surface area contributed by atoms with Crippen molar-refractivity contribution >= 4 is 0 Å². The number of methoxy groups -OCH3 is 2. The van der Waals surface area contributed by atoms with Crippen molar-refractivity contribution in [1.29, 1.82) is 0 Å². The van der Waals surface area contributed by atoms with Gasteiger partial charge in [-0.1, -0.05) is 243 Å². The highest BCUT2D eigenvalue weighted by Crippen LogP contribution is 2.40. The Morgan fingerprint density at radius 1 is 0.236 bits per heavy atom. The molecule has 18 heteroatoms. The first kappa shape index (κ1) is 75.1. The summed E-state index contributed by atoms with van der Waals surface area (Å²) in [6, 6.07) is 93.6. The molecule has 3 fully saturated rings. The van der Waals surface area contributed by atoms with E-state index in [1.54, 1.807) is 14.2 Å². The third-order valence-electron chi connectivity index (χ3n) is 18.7. The molecule has 1 N–H and O–H groups in total. The van der Waals surface area contributed by atoms with Gasteiger partial charge in [-0.3, -0.25) is 0 Å². The third-order valence-corrected chi connectivity index (χ3v) is 18.7. The lowest BCUT2D eigenvalue weighted by Crippen LogP contribution is -2.68. The van der Waals surface area contributed by atoms with E-state index in [0.717, 1.165) is 44.5 Å². The topological polar surface area (TPSA) is 177 Å². The summed E-state index contributed by atoms with van der Waals surface area (Å²) in [5.74, 6) is 2.33. The average molecular weight is 1440 g/mol. The molecule has 0 amide bonds. The zero-order chi connectivity index (χ0) is 72.3. The number of hydrogen-bond donors (Lipinski definition) is 1. The molecule has 10 aromatic carbocycles. The molecule has 0 aliphatic carbocycles. The fourth-order valence-electron chi connectivity index (χ4n) is 13.2. The predicted molar refractivity (Wildman–Crippen MR) is 396 cm³/mol. The molecule has 3 saturated heterocycles. The number of aliphatic hydroxyl groups excluding tert-OH is 1. The van der Waals surface area contributed by atoms with Crippen molar-refractivity contribution in [3.05, 3.63) is 336 Å². The van der Waals surface area contributed by atoms with Crippen LogP contribution in [0.25, 0.3) is 0 Å². The van der Waals surface area contributed by atoms with Crippen LogP contribution in [-0.4, -0.2) is 131 Å². The molecule has 3 aliphatic rings. The lowest BCUT2D eigenvalue weighted by molar-refractivity contribution is -0.393. The molecule has 0 aromatic heterocycles. The van der Waals surface area contributed by atoms with Gasteiger partial charge in [0.05, 0.1) is 73.7 Å². The van der Waals surface area contributed by atoms with E-state index in [-0.39, 0.29) is 66.1 Å². The largest absolute Gasteiger partial charge is 0.497 e. The molecule has 10 aromatic rings. The summed E-state index contributed by atoms with van der Waals surface area (Å²) in [4.78, 5) is 0.